The molecule has 7 nitrogen and oxygen atoms in total. The van der Waals surface area contributed by atoms with Gasteiger partial charge in [0, 0.05) is 19.1 Å². The molecule has 0 bridgehead atoms. The van der Waals surface area contributed by atoms with Crippen molar-refractivity contribution in [2.75, 3.05) is 37.6 Å². The molecule has 0 aliphatic carbocycles. The maximum atomic E-state index is 14.6. The molecule has 1 N–H and O–H groups in total. The zero-order valence-corrected chi connectivity index (χ0v) is 20.7. The van der Waals surface area contributed by atoms with Gasteiger partial charge in [0.05, 0.1) is 17.7 Å². The van der Waals surface area contributed by atoms with Crippen LogP contribution in [0.4, 0.5) is 10.1 Å². The van der Waals surface area contributed by atoms with Crippen LogP contribution in [-0.4, -0.2) is 58.6 Å². The first-order valence-corrected chi connectivity index (χ1v) is 13.2. The van der Waals surface area contributed by atoms with Gasteiger partial charge in [-0.05, 0) is 68.6 Å². The van der Waals surface area contributed by atoms with Crippen molar-refractivity contribution in [3.8, 4) is 5.75 Å². The molecule has 1 aliphatic rings. The summed E-state index contributed by atoms with van der Waals surface area (Å²) in [5.74, 6) is -0.706. The quantitative estimate of drug-likeness (QED) is 0.484. The topological polar surface area (TPSA) is 79.0 Å². The third kappa shape index (κ3) is 6.48. The normalized spacial score (nSPS) is 16.7. The second kappa shape index (κ2) is 12.2. The SMILES string of the molecule is CCC1CCCCN1CCCNC(=O)CN(c1ccccc1F)S(=O)(=O)c1ccc(OC)cc1. The highest BCUT2D eigenvalue weighted by Gasteiger charge is 2.29. The van der Waals surface area contributed by atoms with Crippen molar-refractivity contribution < 1.29 is 22.3 Å². The van der Waals surface area contributed by atoms with E-state index in [1.807, 2.05) is 0 Å². The number of para-hydroxylation sites is 1. The van der Waals surface area contributed by atoms with Gasteiger partial charge >= 0.3 is 0 Å². The van der Waals surface area contributed by atoms with Crippen molar-refractivity contribution in [2.45, 2.75) is 50.0 Å². The highest BCUT2D eigenvalue weighted by atomic mass is 32.2. The Morgan fingerprint density at radius 1 is 1.18 bits per heavy atom. The van der Waals surface area contributed by atoms with E-state index in [0.29, 0.717) is 18.3 Å². The van der Waals surface area contributed by atoms with E-state index < -0.39 is 28.3 Å². The lowest BCUT2D eigenvalue weighted by Gasteiger charge is -2.35. The number of ether oxygens (including phenoxy) is 1. The largest absolute Gasteiger partial charge is 0.497 e. The number of piperidine rings is 1. The fourth-order valence-electron chi connectivity index (χ4n) is 4.34. The Kier molecular flexibility index (Phi) is 9.29. The number of sulfonamides is 1. The van der Waals surface area contributed by atoms with Crippen molar-refractivity contribution in [3.63, 3.8) is 0 Å². The number of nitrogens with zero attached hydrogens (tertiary/aromatic N) is 2. The Morgan fingerprint density at radius 3 is 2.59 bits per heavy atom. The summed E-state index contributed by atoms with van der Waals surface area (Å²) >= 11 is 0. The van der Waals surface area contributed by atoms with E-state index in [2.05, 4.69) is 17.1 Å². The van der Waals surface area contributed by atoms with E-state index in [1.54, 1.807) is 0 Å². The molecule has 1 amide bonds. The Morgan fingerprint density at radius 2 is 1.91 bits per heavy atom. The standard InChI is InChI=1S/C25H34FN3O4S/c1-3-20-9-6-7-17-28(20)18-8-16-27-25(30)19-29(24-11-5-4-10-23(24)26)34(31,32)22-14-12-21(33-2)13-15-22/h4-5,10-15,20H,3,6-9,16-19H2,1-2H3,(H,27,30). The number of hydrogen-bond donors (Lipinski definition) is 1. The van der Waals surface area contributed by atoms with Crippen LogP contribution in [0.2, 0.25) is 0 Å². The van der Waals surface area contributed by atoms with Gasteiger partial charge in [-0.1, -0.05) is 25.5 Å². The summed E-state index contributed by atoms with van der Waals surface area (Å²) in [7, 11) is -2.71. The number of likely N-dealkylation sites (tertiary alicyclic amines) is 1. The van der Waals surface area contributed by atoms with Gasteiger partial charge in [0.1, 0.15) is 18.1 Å². The molecule has 2 aromatic carbocycles. The molecule has 0 radical (unpaired) electrons. The first kappa shape index (κ1) is 26.0. The van der Waals surface area contributed by atoms with Crippen LogP contribution in [0.1, 0.15) is 39.0 Å². The molecule has 1 aliphatic heterocycles. The summed E-state index contributed by atoms with van der Waals surface area (Å²) < 4.78 is 47.2. The molecule has 1 fully saturated rings. The number of carbonyl (C=O) groups is 1. The Hall–Kier alpha value is -2.65. The maximum Gasteiger partial charge on any atom is 0.264 e. The average Bonchev–Trinajstić information content (AvgIpc) is 2.86. The van der Waals surface area contributed by atoms with Crippen LogP contribution in [0.3, 0.4) is 0 Å². The fourth-order valence-corrected chi connectivity index (χ4v) is 5.77. The predicted octanol–water partition coefficient (Wildman–Crippen LogP) is 3.80. The molecule has 1 heterocycles. The van der Waals surface area contributed by atoms with Crippen LogP contribution >= 0.6 is 0 Å². The molecule has 1 unspecified atom stereocenters. The first-order chi connectivity index (χ1) is 16.4. The van der Waals surface area contributed by atoms with Crippen LogP contribution in [0, 0.1) is 5.82 Å². The number of amides is 1. The average molecular weight is 492 g/mol. The predicted molar refractivity (Wildman–Crippen MR) is 131 cm³/mol. The molecule has 34 heavy (non-hydrogen) atoms. The molecule has 0 saturated carbocycles. The van der Waals surface area contributed by atoms with Gasteiger partial charge in [-0.3, -0.25) is 9.10 Å². The van der Waals surface area contributed by atoms with E-state index in [0.717, 1.165) is 30.2 Å². The molecule has 0 aromatic heterocycles. The molecular weight excluding hydrogens is 457 g/mol. The van der Waals surface area contributed by atoms with Crippen molar-refractivity contribution in [1.82, 2.24) is 10.2 Å². The van der Waals surface area contributed by atoms with Crippen molar-refractivity contribution in [1.29, 1.82) is 0 Å². The first-order valence-electron chi connectivity index (χ1n) is 11.8. The van der Waals surface area contributed by atoms with E-state index in [1.165, 1.54) is 74.9 Å². The van der Waals surface area contributed by atoms with Crippen LogP contribution in [0.25, 0.3) is 0 Å². The second-order valence-electron chi connectivity index (χ2n) is 8.44. The van der Waals surface area contributed by atoms with Gasteiger partial charge in [0.25, 0.3) is 10.0 Å². The summed E-state index contributed by atoms with van der Waals surface area (Å²) in [6.45, 7) is 4.08. The minimum atomic E-state index is -4.19. The lowest BCUT2D eigenvalue weighted by Crippen LogP contribution is -2.43. The smallest absolute Gasteiger partial charge is 0.264 e. The zero-order valence-electron chi connectivity index (χ0n) is 19.9. The number of benzene rings is 2. The van der Waals surface area contributed by atoms with Crippen LogP contribution in [-0.2, 0) is 14.8 Å². The zero-order chi connectivity index (χ0) is 24.6. The Balaban J connectivity index is 1.68. The summed E-state index contributed by atoms with van der Waals surface area (Å²) in [6, 6.07) is 11.9. The molecule has 186 valence electrons. The molecule has 1 saturated heterocycles. The molecule has 0 spiro atoms. The minimum Gasteiger partial charge on any atom is -0.497 e. The second-order valence-corrected chi connectivity index (χ2v) is 10.3. The summed E-state index contributed by atoms with van der Waals surface area (Å²) in [6.07, 6.45) is 5.56. The van der Waals surface area contributed by atoms with Crippen molar-refractivity contribution in [2.24, 2.45) is 0 Å². The van der Waals surface area contributed by atoms with E-state index in [9.17, 15) is 17.6 Å². The van der Waals surface area contributed by atoms with Gasteiger partial charge in [-0.15, -0.1) is 0 Å². The highest BCUT2D eigenvalue weighted by Crippen LogP contribution is 2.27. The van der Waals surface area contributed by atoms with Crippen LogP contribution < -0.4 is 14.4 Å². The van der Waals surface area contributed by atoms with E-state index in [4.69, 9.17) is 4.74 Å². The van der Waals surface area contributed by atoms with Gasteiger partial charge in [-0.25, -0.2) is 12.8 Å². The van der Waals surface area contributed by atoms with Crippen molar-refractivity contribution in [3.05, 3.63) is 54.3 Å². The summed E-state index contributed by atoms with van der Waals surface area (Å²) in [4.78, 5) is 15.1. The molecule has 2 aromatic rings. The van der Waals surface area contributed by atoms with Gasteiger partial charge < -0.3 is 15.0 Å². The lowest BCUT2D eigenvalue weighted by molar-refractivity contribution is -0.119. The molecular formula is C25H34FN3O4S. The number of carbonyl (C=O) groups excluding carboxylic acids is 1. The highest BCUT2D eigenvalue weighted by molar-refractivity contribution is 7.92. The monoisotopic (exact) mass is 491 g/mol. The lowest BCUT2D eigenvalue weighted by atomic mass is 10.00. The van der Waals surface area contributed by atoms with Gasteiger partial charge in [-0.2, -0.15) is 0 Å². The summed E-state index contributed by atoms with van der Waals surface area (Å²) in [5, 5.41) is 2.80. The third-order valence-electron chi connectivity index (χ3n) is 6.22. The molecule has 1 atom stereocenters. The number of hydrogen-bond acceptors (Lipinski definition) is 5. The molecule has 9 heteroatoms. The Labute approximate surface area is 201 Å². The number of methoxy groups -OCH3 is 1. The number of nitrogens with one attached hydrogen (secondary N) is 1. The van der Waals surface area contributed by atoms with E-state index in [-0.39, 0.29) is 10.6 Å². The third-order valence-corrected chi connectivity index (χ3v) is 7.99. The number of anilines is 1. The fraction of sp³-hybridized carbons (Fsp3) is 0.480. The van der Waals surface area contributed by atoms with E-state index >= 15 is 0 Å². The Bertz CT molecular complexity index is 1050. The minimum absolute atomic E-state index is 0.0555. The van der Waals surface area contributed by atoms with Gasteiger partial charge in [0.2, 0.25) is 5.91 Å². The number of halogens is 1. The van der Waals surface area contributed by atoms with Crippen LogP contribution in [0.15, 0.2) is 53.4 Å². The summed E-state index contributed by atoms with van der Waals surface area (Å²) in [5.41, 5.74) is -0.174. The van der Waals surface area contributed by atoms with Crippen molar-refractivity contribution >= 4 is 21.6 Å². The van der Waals surface area contributed by atoms with Gasteiger partial charge in [0.15, 0.2) is 0 Å². The molecule has 3 rings (SSSR count). The number of rotatable bonds is 11. The maximum absolute atomic E-state index is 14.6. The van der Waals surface area contributed by atoms with Crippen LogP contribution in [0.5, 0.6) is 5.75 Å².